The predicted molar refractivity (Wildman–Crippen MR) is 112 cm³/mol. The Balaban J connectivity index is 0.00000225. The Bertz CT molecular complexity index is 573. The summed E-state index contributed by atoms with van der Waals surface area (Å²) >= 11 is 0. The molecule has 1 spiro atoms. The minimum atomic E-state index is 0. The largest absolute Gasteiger partial charge is 0.497 e. The number of rotatable bonds is 6. The van der Waals surface area contributed by atoms with Gasteiger partial charge in [-0.15, -0.1) is 24.0 Å². The third-order valence-corrected chi connectivity index (χ3v) is 5.59. The van der Waals surface area contributed by atoms with Crippen LogP contribution in [0.5, 0.6) is 5.75 Å². The Kier molecular flexibility index (Phi) is 7.37. The topological polar surface area (TPSA) is 54.9 Å². The number of ether oxygens (including phenoxy) is 2. The molecule has 2 aliphatic rings. The number of hydrogen-bond acceptors (Lipinski definition) is 3. The fourth-order valence-corrected chi connectivity index (χ4v) is 3.93. The first-order chi connectivity index (χ1) is 11.7. The fraction of sp³-hybridized carbons (Fsp3) is 0.632. The van der Waals surface area contributed by atoms with Gasteiger partial charge in [0.25, 0.3) is 0 Å². The van der Waals surface area contributed by atoms with Crippen molar-refractivity contribution in [2.75, 3.05) is 20.8 Å². The third-order valence-electron chi connectivity index (χ3n) is 5.59. The summed E-state index contributed by atoms with van der Waals surface area (Å²) in [5.74, 6) is 1.75. The van der Waals surface area contributed by atoms with E-state index in [1.54, 1.807) is 7.11 Å². The second-order valence-corrected chi connectivity index (χ2v) is 6.74. The average Bonchev–Trinajstić information content (AvgIpc) is 2.55. The third kappa shape index (κ3) is 4.22. The molecule has 0 saturated heterocycles. The Hall–Kier alpha value is -1.02. The van der Waals surface area contributed by atoms with Gasteiger partial charge >= 0.3 is 0 Å². The molecule has 0 bridgehead atoms. The molecule has 0 amide bonds. The summed E-state index contributed by atoms with van der Waals surface area (Å²) < 4.78 is 11.1. The summed E-state index contributed by atoms with van der Waals surface area (Å²) in [6, 6.07) is 8.58. The van der Waals surface area contributed by atoms with E-state index in [9.17, 15) is 0 Å². The Morgan fingerprint density at radius 3 is 2.52 bits per heavy atom. The van der Waals surface area contributed by atoms with E-state index in [1.165, 1.54) is 24.8 Å². The summed E-state index contributed by atoms with van der Waals surface area (Å²) in [6.07, 6.45) is 5.36. The van der Waals surface area contributed by atoms with Crippen LogP contribution in [0.3, 0.4) is 0 Å². The summed E-state index contributed by atoms with van der Waals surface area (Å²) in [7, 11) is 3.51. The Labute approximate surface area is 168 Å². The first-order valence-corrected chi connectivity index (χ1v) is 8.93. The molecule has 1 aromatic rings. The lowest BCUT2D eigenvalue weighted by atomic mass is 9.51. The smallest absolute Gasteiger partial charge is 0.191 e. The van der Waals surface area contributed by atoms with Crippen LogP contribution in [0.4, 0.5) is 0 Å². The molecule has 2 unspecified atom stereocenters. The number of benzene rings is 1. The molecule has 0 heterocycles. The number of aliphatic imine (C=N–C) groups is 1. The second kappa shape index (κ2) is 9.07. The SMILES string of the molecule is CCOC1CC(NC(=NC)NCc2ccc(OC)cc2)C12CCC2.I. The molecule has 2 saturated carbocycles. The van der Waals surface area contributed by atoms with E-state index in [4.69, 9.17) is 9.47 Å². The van der Waals surface area contributed by atoms with Crippen molar-refractivity contribution < 1.29 is 9.47 Å². The molecule has 2 N–H and O–H groups in total. The van der Waals surface area contributed by atoms with E-state index in [0.29, 0.717) is 17.6 Å². The summed E-state index contributed by atoms with van der Waals surface area (Å²) in [5, 5.41) is 7.02. The maximum atomic E-state index is 5.92. The normalized spacial score (nSPS) is 23.9. The molecule has 2 aliphatic carbocycles. The highest BCUT2D eigenvalue weighted by Crippen LogP contribution is 2.57. The van der Waals surface area contributed by atoms with Gasteiger partial charge in [0, 0.05) is 31.7 Å². The van der Waals surface area contributed by atoms with Crippen molar-refractivity contribution in [3.63, 3.8) is 0 Å². The lowest BCUT2D eigenvalue weighted by Gasteiger charge is -2.61. The minimum absolute atomic E-state index is 0. The van der Waals surface area contributed by atoms with Crippen molar-refractivity contribution in [2.24, 2.45) is 10.4 Å². The van der Waals surface area contributed by atoms with Crippen molar-refractivity contribution in [2.45, 2.75) is 51.3 Å². The highest BCUT2D eigenvalue weighted by molar-refractivity contribution is 14.0. The van der Waals surface area contributed by atoms with Gasteiger partial charge in [-0.2, -0.15) is 0 Å². The molecule has 0 aliphatic heterocycles. The van der Waals surface area contributed by atoms with Crippen LogP contribution in [0, 0.1) is 5.41 Å². The van der Waals surface area contributed by atoms with Crippen LogP contribution < -0.4 is 15.4 Å². The van der Waals surface area contributed by atoms with Crippen LogP contribution in [0.1, 0.15) is 38.2 Å². The number of guanidine groups is 1. The Morgan fingerprint density at radius 1 is 1.28 bits per heavy atom. The first-order valence-electron chi connectivity index (χ1n) is 8.93. The molecular formula is C19H30IN3O2. The zero-order valence-electron chi connectivity index (χ0n) is 15.4. The van der Waals surface area contributed by atoms with E-state index in [1.807, 2.05) is 19.2 Å². The highest BCUT2D eigenvalue weighted by Gasteiger charge is 2.59. The van der Waals surface area contributed by atoms with Crippen LogP contribution in [0.15, 0.2) is 29.3 Å². The zero-order valence-corrected chi connectivity index (χ0v) is 17.7. The first kappa shape index (κ1) is 20.3. The summed E-state index contributed by atoms with van der Waals surface area (Å²) in [6.45, 7) is 3.64. The zero-order chi connectivity index (χ0) is 17.0. The number of nitrogens with one attached hydrogen (secondary N) is 2. The molecule has 0 aromatic heterocycles. The van der Waals surface area contributed by atoms with Crippen LogP contribution in [-0.4, -0.2) is 38.9 Å². The molecule has 2 atom stereocenters. The van der Waals surface area contributed by atoms with Gasteiger partial charge in [0.05, 0.1) is 13.2 Å². The van der Waals surface area contributed by atoms with Crippen LogP contribution in [0.2, 0.25) is 0 Å². The quantitative estimate of drug-likeness (QED) is 0.390. The minimum Gasteiger partial charge on any atom is -0.497 e. The molecule has 0 radical (unpaired) electrons. The number of halogens is 1. The van der Waals surface area contributed by atoms with Gasteiger partial charge in [-0.25, -0.2) is 0 Å². The van der Waals surface area contributed by atoms with Gasteiger partial charge in [-0.1, -0.05) is 18.6 Å². The van der Waals surface area contributed by atoms with Crippen molar-refractivity contribution >= 4 is 29.9 Å². The number of methoxy groups -OCH3 is 1. The van der Waals surface area contributed by atoms with Crippen LogP contribution in [0.25, 0.3) is 0 Å². The summed E-state index contributed by atoms with van der Waals surface area (Å²) in [5.41, 5.74) is 1.55. The van der Waals surface area contributed by atoms with Crippen molar-refractivity contribution in [3.8, 4) is 5.75 Å². The molecule has 25 heavy (non-hydrogen) atoms. The fourth-order valence-electron chi connectivity index (χ4n) is 3.93. The van der Waals surface area contributed by atoms with Gasteiger partial charge in [0.2, 0.25) is 0 Å². The maximum absolute atomic E-state index is 5.92. The highest BCUT2D eigenvalue weighted by atomic mass is 127. The molecule has 140 valence electrons. The molecule has 1 aromatic carbocycles. The summed E-state index contributed by atoms with van der Waals surface area (Å²) in [4.78, 5) is 4.38. The monoisotopic (exact) mass is 459 g/mol. The van der Waals surface area contributed by atoms with Crippen molar-refractivity contribution in [1.82, 2.24) is 10.6 Å². The van der Waals surface area contributed by atoms with Crippen molar-refractivity contribution in [3.05, 3.63) is 29.8 Å². The maximum Gasteiger partial charge on any atom is 0.191 e. The lowest BCUT2D eigenvalue weighted by molar-refractivity contribution is -0.168. The molecule has 5 nitrogen and oxygen atoms in total. The standard InChI is InChI=1S/C19H29N3O2.HI/c1-4-24-17-12-16(19(17)10-5-11-19)22-18(20-2)21-13-14-6-8-15(23-3)9-7-14;/h6-9,16-17H,4-5,10-13H2,1-3H3,(H2,20,21,22);1H. The van der Waals surface area contributed by atoms with Crippen LogP contribution in [-0.2, 0) is 11.3 Å². The van der Waals surface area contributed by atoms with Crippen molar-refractivity contribution in [1.29, 1.82) is 0 Å². The van der Waals surface area contributed by atoms with E-state index < -0.39 is 0 Å². The van der Waals surface area contributed by atoms with E-state index in [2.05, 4.69) is 34.7 Å². The average molecular weight is 459 g/mol. The molecular weight excluding hydrogens is 429 g/mol. The number of nitrogens with zero attached hydrogens (tertiary/aromatic N) is 1. The van der Waals surface area contributed by atoms with E-state index >= 15 is 0 Å². The van der Waals surface area contributed by atoms with Gasteiger partial charge in [0.15, 0.2) is 5.96 Å². The van der Waals surface area contributed by atoms with E-state index in [0.717, 1.165) is 31.3 Å². The molecule has 6 heteroatoms. The number of hydrogen-bond donors (Lipinski definition) is 2. The van der Waals surface area contributed by atoms with Crippen LogP contribution >= 0.6 is 24.0 Å². The second-order valence-electron chi connectivity index (χ2n) is 6.74. The van der Waals surface area contributed by atoms with Gasteiger partial charge in [-0.3, -0.25) is 4.99 Å². The van der Waals surface area contributed by atoms with E-state index in [-0.39, 0.29) is 24.0 Å². The Morgan fingerprint density at radius 2 is 2.00 bits per heavy atom. The molecule has 2 fully saturated rings. The predicted octanol–water partition coefficient (Wildman–Crippen LogP) is 3.33. The van der Waals surface area contributed by atoms with Gasteiger partial charge in [0.1, 0.15) is 5.75 Å². The van der Waals surface area contributed by atoms with Gasteiger partial charge < -0.3 is 20.1 Å². The lowest BCUT2D eigenvalue weighted by Crippen LogP contribution is -2.68. The molecule has 3 rings (SSSR count). The van der Waals surface area contributed by atoms with Gasteiger partial charge in [-0.05, 0) is 43.9 Å².